The minimum absolute atomic E-state index is 0.173. The molecule has 1 aliphatic carbocycles. The second-order valence-corrected chi connectivity index (χ2v) is 7.41. The highest BCUT2D eigenvalue weighted by Gasteiger charge is 2.27. The Labute approximate surface area is 170 Å². The standard InChI is InChI=1S/C22H27FN4O2/c1-24-18-11-10-16(23)14-17(18)21(28)26-19(13-15-7-3-2-4-8-15)22(29)27-20-9-5-6-12-25-20/h5-6,9-12,14-15,19,24H,2-4,7-8,13H2,1H3,(H,26,28)(H,25,27,29). The number of pyridine rings is 1. The number of nitrogens with zero attached hydrogens (tertiary/aromatic N) is 1. The molecule has 0 radical (unpaired) electrons. The minimum Gasteiger partial charge on any atom is -0.387 e. The topological polar surface area (TPSA) is 83.1 Å². The minimum atomic E-state index is -0.722. The molecule has 0 saturated heterocycles. The first-order chi connectivity index (χ1) is 14.1. The van der Waals surface area contributed by atoms with E-state index in [-0.39, 0.29) is 11.5 Å². The molecule has 1 fully saturated rings. The lowest BCUT2D eigenvalue weighted by Crippen LogP contribution is -2.45. The highest BCUT2D eigenvalue weighted by molar-refractivity contribution is 6.03. The second-order valence-electron chi connectivity index (χ2n) is 7.41. The van der Waals surface area contributed by atoms with Gasteiger partial charge in [-0.3, -0.25) is 9.59 Å². The Balaban J connectivity index is 1.77. The fourth-order valence-corrected chi connectivity index (χ4v) is 3.80. The number of nitrogens with one attached hydrogen (secondary N) is 3. The fraction of sp³-hybridized carbons (Fsp3) is 0.409. The summed E-state index contributed by atoms with van der Waals surface area (Å²) in [6.07, 6.45) is 7.73. The van der Waals surface area contributed by atoms with Crippen LogP contribution in [0.3, 0.4) is 0 Å². The van der Waals surface area contributed by atoms with Crippen LogP contribution in [0.2, 0.25) is 0 Å². The summed E-state index contributed by atoms with van der Waals surface area (Å²) in [6, 6.07) is 8.49. The monoisotopic (exact) mass is 398 g/mol. The molecular weight excluding hydrogens is 371 g/mol. The van der Waals surface area contributed by atoms with Crippen LogP contribution in [0.5, 0.6) is 0 Å². The van der Waals surface area contributed by atoms with Crippen molar-refractivity contribution in [3.8, 4) is 0 Å². The predicted molar refractivity (Wildman–Crippen MR) is 111 cm³/mol. The molecule has 1 aromatic heterocycles. The molecule has 0 bridgehead atoms. The zero-order valence-corrected chi connectivity index (χ0v) is 16.6. The first kappa shape index (κ1) is 20.8. The average Bonchev–Trinajstić information content (AvgIpc) is 2.74. The zero-order chi connectivity index (χ0) is 20.6. The van der Waals surface area contributed by atoms with Crippen molar-refractivity contribution in [3.05, 3.63) is 54.0 Å². The van der Waals surface area contributed by atoms with E-state index < -0.39 is 17.8 Å². The quantitative estimate of drug-likeness (QED) is 0.659. The Hall–Kier alpha value is -2.96. The van der Waals surface area contributed by atoms with Gasteiger partial charge in [0, 0.05) is 18.9 Å². The van der Waals surface area contributed by atoms with Crippen LogP contribution in [0.25, 0.3) is 0 Å². The third kappa shape index (κ3) is 5.76. The van der Waals surface area contributed by atoms with Crippen LogP contribution in [0.1, 0.15) is 48.9 Å². The van der Waals surface area contributed by atoms with Gasteiger partial charge in [-0.1, -0.05) is 38.2 Å². The largest absolute Gasteiger partial charge is 0.387 e. The second kappa shape index (κ2) is 10.0. The van der Waals surface area contributed by atoms with E-state index in [2.05, 4.69) is 20.9 Å². The van der Waals surface area contributed by atoms with E-state index in [0.717, 1.165) is 25.7 Å². The van der Waals surface area contributed by atoms with Crippen LogP contribution in [-0.4, -0.2) is 29.9 Å². The van der Waals surface area contributed by atoms with E-state index >= 15 is 0 Å². The number of anilines is 2. The third-order valence-electron chi connectivity index (χ3n) is 5.33. The number of benzene rings is 1. The normalized spacial score (nSPS) is 15.4. The van der Waals surface area contributed by atoms with Crippen molar-refractivity contribution in [2.45, 2.75) is 44.6 Å². The highest BCUT2D eigenvalue weighted by atomic mass is 19.1. The summed E-state index contributed by atoms with van der Waals surface area (Å²) in [5, 5.41) is 8.48. The summed E-state index contributed by atoms with van der Waals surface area (Å²) >= 11 is 0. The van der Waals surface area contributed by atoms with E-state index in [1.54, 1.807) is 31.4 Å². The molecule has 7 heteroatoms. The van der Waals surface area contributed by atoms with Gasteiger partial charge < -0.3 is 16.0 Å². The molecular formula is C22H27FN4O2. The summed E-state index contributed by atoms with van der Waals surface area (Å²) in [7, 11) is 1.66. The Kier molecular flexibility index (Phi) is 7.16. The number of amides is 2. The molecule has 1 aliphatic rings. The van der Waals surface area contributed by atoms with Gasteiger partial charge in [0.1, 0.15) is 17.7 Å². The number of carbonyl (C=O) groups excluding carboxylic acids is 2. The maximum absolute atomic E-state index is 13.7. The van der Waals surface area contributed by atoms with E-state index in [4.69, 9.17) is 0 Å². The SMILES string of the molecule is CNc1ccc(F)cc1C(=O)NC(CC1CCCCC1)C(=O)Nc1ccccn1. The Morgan fingerprint density at radius 1 is 1.17 bits per heavy atom. The molecule has 2 aromatic rings. The number of aromatic nitrogens is 1. The van der Waals surface area contributed by atoms with Crippen LogP contribution in [0, 0.1) is 11.7 Å². The van der Waals surface area contributed by atoms with Crippen molar-refractivity contribution < 1.29 is 14.0 Å². The van der Waals surface area contributed by atoms with E-state index in [1.165, 1.54) is 24.6 Å². The Morgan fingerprint density at radius 3 is 2.66 bits per heavy atom. The molecule has 29 heavy (non-hydrogen) atoms. The molecule has 0 aliphatic heterocycles. The first-order valence-electron chi connectivity index (χ1n) is 10.1. The predicted octanol–water partition coefficient (Wildman–Crippen LogP) is 3.97. The van der Waals surface area contributed by atoms with Gasteiger partial charge in [-0.05, 0) is 42.7 Å². The molecule has 3 rings (SSSR count). The third-order valence-corrected chi connectivity index (χ3v) is 5.33. The highest BCUT2D eigenvalue weighted by Crippen LogP contribution is 2.28. The Bertz CT molecular complexity index is 838. The maximum atomic E-state index is 13.7. The number of rotatable bonds is 7. The van der Waals surface area contributed by atoms with Crippen LogP contribution >= 0.6 is 0 Å². The van der Waals surface area contributed by atoms with Gasteiger partial charge in [-0.2, -0.15) is 0 Å². The van der Waals surface area contributed by atoms with Gasteiger partial charge in [0.05, 0.1) is 5.56 Å². The lowest BCUT2D eigenvalue weighted by Gasteiger charge is -2.26. The van der Waals surface area contributed by atoms with Gasteiger partial charge in [-0.25, -0.2) is 9.37 Å². The van der Waals surface area contributed by atoms with Crippen LogP contribution < -0.4 is 16.0 Å². The van der Waals surface area contributed by atoms with E-state index in [9.17, 15) is 14.0 Å². The average molecular weight is 398 g/mol. The number of hydrogen-bond acceptors (Lipinski definition) is 4. The summed E-state index contributed by atoms with van der Waals surface area (Å²) in [4.78, 5) is 29.9. The van der Waals surface area contributed by atoms with Crippen molar-refractivity contribution in [2.75, 3.05) is 17.7 Å². The van der Waals surface area contributed by atoms with E-state index in [0.29, 0.717) is 23.8 Å². The van der Waals surface area contributed by atoms with E-state index in [1.807, 2.05) is 0 Å². The van der Waals surface area contributed by atoms with Crippen molar-refractivity contribution in [1.29, 1.82) is 0 Å². The molecule has 1 unspecified atom stereocenters. The van der Waals surface area contributed by atoms with Gasteiger partial charge in [0.2, 0.25) is 5.91 Å². The molecule has 1 heterocycles. The summed E-state index contributed by atoms with van der Waals surface area (Å²) in [5.74, 6) is -0.492. The van der Waals surface area contributed by atoms with Crippen LogP contribution in [0.4, 0.5) is 15.9 Å². The lowest BCUT2D eigenvalue weighted by molar-refractivity contribution is -0.118. The number of halogens is 1. The zero-order valence-electron chi connectivity index (χ0n) is 16.6. The molecule has 154 valence electrons. The molecule has 1 saturated carbocycles. The molecule has 6 nitrogen and oxygen atoms in total. The van der Waals surface area contributed by atoms with Crippen molar-refractivity contribution in [1.82, 2.24) is 10.3 Å². The fourth-order valence-electron chi connectivity index (χ4n) is 3.80. The summed E-state index contributed by atoms with van der Waals surface area (Å²) in [5.41, 5.74) is 0.678. The number of carbonyl (C=O) groups is 2. The van der Waals surface area contributed by atoms with Crippen molar-refractivity contribution in [2.24, 2.45) is 5.92 Å². The van der Waals surface area contributed by atoms with Gasteiger partial charge >= 0.3 is 0 Å². The van der Waals surface area contributed by atoms with Gasteiger partial charge in [-0.15, -0.1) is 0 Å². The van der Waals surface area contributed by atoms with Crippen LogP contribution in [-0.2, 0) is 4.79 Å². The molecule has 0 spiro atoms. The molecule has 3 N–H and O–H groups in total. The smallest absolute Gasteiger partial charge is 0.254 e. The number of hydrogen-bond donors (Lipinski definition) is 3. The lowest BCUT2D eigenvalue weighted by atomic mass is 9.84. The van der Waals surface area contributed by atoms with Crippen LogP contribution in [0.15, 0.2) is 42.6 Å². The molecule has 1 atom stereocenters. The first-order valence-corrected chi connectivity index (χ1v) is 10.1. The van der Waals surface area contributed by atoms with Crippen molar-refractivity contribution >= 4 is 23.3 Å². The molecule has 2 amide bonds. The summed E-state index contributed by atoms with van der Waals surface area (Å²) < 4.78 is 13.7. The Morgan fingerprint density at radius 2 is 1.97 bits per heavy atom. The van der Waals surface area contributed by atoms with Crippen molar-refractivity contribution in [3.63, 3.8) is 0 Å². The van der Waals surface area contributed by atoms with Gasteiger partial charge in [0.15, 0.2) is 0 Å². The maximum Gasteiger partial charge on any atom is 0.254 e. The molecule has 1 aromatic carbocycles. The summed E-state index contributed by atoms with van der Waals surface area (Å²) in [6.45, 7) is 0. The van der Waals surface area contributed by atoms with Gasteiger partial charge in [0.25, 0.3) is 5.91 Å².